The number of carbonyl (C=O) groups excluding carboxylic acids is 2. The molecule has 2 heterocycles. The summed E-state index contributed by atoms with van der Waals surface area (Å²) in [6.45, 7) is 4.10. The van der Waals surface area contributed by atoms with E-state index in [1.807, 2.05) is 11.8 Å². The lowest BCUT2D eigenvalue weighted by Gasteiger charge is -2.45. The number of carbonyl (C=O) groups is 2. The summed E-state index contributed by atoms with van der Waals surface area (Å²) < 4.78 is 35.0. The van der Waals surface area contributed by atoms with Crippen molar-refractivity contribution in [3.05, 3.63) is 24.0 Å². The Morgan fingerprint density at radius 1 is 1.41 bits per heavy atom. The third-order valence-electron chi connectivity index (χ3n) is 5.68. The van der Waals surface area contributed by atoms with Crippen molar-refractivity contribution in [2.45, 2.75) is 44.6 Å². The van der Waals surface area contributed by atoms with Gasteiger partial charge in [0.05, 0.1) is 24.5 Å². The zero-order valence-corrected chi connectivity index (χ0v) is 17.2. The lowest BCUT2D eigenvalue weighted by atomic mass is 9.94. The van der Waals surface area contributed by atoms with Crippen molar-refractivity contribution in [2.75, 3.05) is 43.5 Å². The molecule has 3 unspecified atom stereocenters. The van der Waals surface area contributed by atoms with Gasteiger partial charge in [-0.15, -0.1) is 0 Å². The molecule has 0 aliphatic carbocycles. The van der Waals surface area contributed by atoms with Gasteiger partial charge in [0.15, 0.2) is 5.79 Å². The maximum Gasteiger partial charge on any atom is 0.414 e. The quantitative estimate of drug-likeness (QED) is 0.756. The number of anilines is 2. The lowest BCUT2D eigenvalue weighted by Crippen LogP contribution is -2.53. The SMILES string of the molecule is CC(=O)NCC1CN(c2ccc(N3CCC(F)(N(C)C)CC3C)c(F)c2)C(=O)O1. The molecular formula is C20H28F2N4O3. The van der Waals surface area contributed by atoms with E-state index in [1.54, 1.807) is 31.1 Å². The van der Waals surface area contributed by atoms with Crippen LogP contribution in [0.1, 0.15) is 26.7 Å². The molecule has 0 aromatic heterocycles. The van der Waals surface area contributed by atoms with Crippen LogP contribution < -0.4 is 15.1 Å². The van der Waals surface area contributed by atoms with Gasteiger partial charge in [0.2, 0.25) is 5.91 Å². The maximum atomic E-state index is 14.9. The number of alkyl halides is 1. The molecule has 2 aliphatic rings. The summed E-state index contributed by atoms with van der Waals surface area (Å²) in [6, 6.07) is 4.41. The molecule has 2 saturated heterocycles. The molecule has 160 valence electrons. The summed E-state index contributed by atoms with van der Waals surface area (Å²) in [5.41, 5.74) is 0.781. The topological polar surface area (TPSA) is 65.1 Å². The third kappa shape index (κ3) is 4.44. The first kappa shape index (κ1) is 21.3. The van der Waals surface area contributed by atoms with Gasteiger partial charge in [-0.2, -0.15) is 0 Å². The Morgan fingerprint density at radius 3 is 2.72 bits per heavy atom. The molecule has 7 nitrogen and oxygen atoms in total. The molecule has 3 rings (SSSR count). The van der Waals surface area contributed by atoms with Gasteiger partial charge in [-0.05, 0) is 39.2 Å². The second kappa shape index (κ2) is 8.14. The number of hydrogen-bond donors (Lipinski definition) is 1. The van der Waals surface area contributed by atoms with Gasteiger partial charge in [-0.25, -0.2) is 13.6 Å². The van der Waals surface area contributed by atoms with Crippen molar-refractivity contribution in [1.82, 2.24) is 10.2 Å². The van der Waals surface area contributed by atoms with Gasteiger partial charge in [0.25, 0.3) is 0 Å². The van der Waals surface area contributed by atoms with E-state index in [4.69, 9.17) is 4.74 Å². The molecular weight excluding hydrogens is 382 g/mol. The number of cyclic esters (lactones) is 1. The Bertz CT molecular complexity index is 791. The first-order valence-corrected chi connectivity index (χ1v) is 9.76. The zero-order chi connectivity index (χ0) is 21.3. The normalized spacial score (nSPS) is 27.3. The fraction of sp³-hybridized carbons (Fsp3) is 0.600. The molecule has 9 heteroatoms. The molecule has 1 N–H and O–H groups in total. The van der Waals surface area contributed by atoms with Crippen LogP contribution in [0.2, 0.25) is 0 Å². The van der Waals surface area contributed by atoms with Crippen LogP contribution in [-0.4, -0.2) is 68.6 Å². The van der Waals surface area contributed by atoms with Crippen molar-refractivity contribution >= 4 is 23.4 Å². The highest BCUT2D eigenvalue weighted by molar-refractivity contribution is 5.90. The van der Waals surface area contributed by atoms with Crippen LogP contribution in [-0.2, 0) is 9.53 Å². The van der Waals surface area contributed by atoms with Gasteiger partial charge < -0.3 is 15.0 Å². The maximum absolute atomic E-state index is 14.9. The van der Waals surface area contributed by atoms with E-state index in [1.165, 1.54) is 17.9 Å². The van der Waals surface area contributed by atoms with E-state index in [0.717, 1.165) is 0 Å². The fourth-order valence-electron chi connectivity index (χ4n) is 3.93. The summed E-state index contributed by atoms with van der Waals surface area (Å²) in [4.78, 5) is 27.9. The predicted molar refractivity (Wildman–Crippen MR) is 106 cm³/mol. The Morgan fingerprint density at radius 2 is 2.14 bits per heavy atom. The van der Waals surface area contributed by atoms with Gasteiger partial charge in [-0.1, -0.05) is 0 Å². The van der Waals surface area contributed by atoms with Gasteiger partial charge in [0, 0.05) is 32.4 Å². The Kier molecular flexibility index (Phi) is 5.97. The van der Waals surface area contributed by atoms with E-state index >= 15 is 0 Å². The van der Waals surface area contributed by atoms with Gasteiger partial charge in [-0.3, -0.25) is 14.6 Å². The van der Waals surface area contributed by atoms with E-state index in [-0.39, 0.29) is 37.9 Å². The van der Waals surface area contributed by atoms with Crippen molar-refractivity contribution in [2.24, 2.45) is 0 Å². The fourth-order valence-corrected chi connectivity index (χ4v) is 3.93. The summed E-state index contributed by atoms with van der Waals surface area (Å²) >= 11 is 0. The molecule has 29 heavy (non-hydrogen) atoms. The molecule has 1 aromatic carbocycles. The summed E-state index contributed by atoms with van der Waals surface area (Å²) in [6.07, 6.45) is -0.494. The summed E-state index contributed by atoms with van der Waals surface area (Å²) in [5.74, 6) is -2.07. The van der Waals surface area contributed by atoms with Gasteiger partial charge in [0.1, 0.15) is 11.9 Å². The highest BCUT2D eigenvalue weighted by atomic mass is 19.1. The monoisotopic (exact) mass is 410 g/mol. The van der Waals surface area contributed by atoms with E-state index in [9.17, 15) is 18.4 Å². The first-order valence-electron chi connectivity index (χ1n) is 9.76. The number of piperidine rings is 1. The van der Waals surface area contributed by atoms with Crippen LogP contribution in [0.3, 0.4) is 0 Å². The molecule has 2 amide bonds. The molecule has 1 aromatic rings. The molecule has 0 radical (unpaired) electrons. The number of benzene rings is 1. The molecule has 2 aliphatic heterocycles. The van der Waals surface area contributed by atoms with Crippen molar-refractivity contribution in [3.63, 3.8) is 0 Å². The highest BCUT2D eigenvalue weighted by Crippen LogP contribution is 2.36. The minimum absolute atomic E-state index is 0.171. The Labute approximate surface area is 169 Å². The first-order chi connectivity index (χ1) is 13.6. The number of hydrogen-bond acceptors (Lipinski definition) is 5. The molecule has 0 spiro atoms. The number of ether oxygens (including phenoxy) is 1. The van der Waals surface area contributed by atoms with Crippen LogP contribution in [0.15, 0.2) is 18.2 Å². The minimum Gasteiger partial charge on any atom is -0.442 e. The van der Waals surface area contributed by atoms with E-state index < -0.39 is 23.8 Å². The minimum atomic E-state index is -1.39. The molecule has 3 atom stereocenters. The average molecular weight is 410 g/mol. The molecule has 0 bridgehead atoms. The van der Waals surface area contributed by atoms with E-state index in [2.05, 4.69) is 5.32 Å². The number of halogens is 2. The number of amides is 2. The molecule has 0 saturated carbocycles. The van der Waals surface area contributed by atoms with Crippen LogP contribution in [0.5, 0.6) is 0 Å². The Hall–Kier alpha value is -2.42. The van der Waals surface area contributed by atoms with Gasteiger partial charge >= 0.3 is 6.09 Å². The summed E-state index contributed by atoms with van der Waals surface area (Å²) in [5, 5.41) is 2.61. The second-order valence-corrected chi connectivity index (χ2v) is 8.00. The van der Waals surface area contributed by atoms with E-state index in [0.29, 0.717) is 17.9 Å². The predicted octanol–water partition coefficient (Wildman–Crippen LogP) is 2.50. The average Bonchev–Trinajstić information content (AvgIpc) is 3.01. The van der Waals surface area contributed by atoms with Crippen molar-refractivity contribution in [1.29, 1.82) is 0 Å². The van der Waals surface area contributed by atoms with Crippen LogP contribution in [0.4, 0.5) is 25.0 Å². The second-order valence-electron chi connectivity index (χ2n) is 8.00. The number of nitrogens with zero attached hydrogens (tertiary/aromatic N) is 3. The van der Waals surface area contributed by atoms with Crippen LogP contribution in [0.25, 0.3) is 0 Å². The summed E-state index contributed by atoms with van der Waals surface area (Å²) in [7, 11) is 3.43. The Balaban J connectivity index is 1.71. The third-order valence-corrected chi connectivity index (χ3v) is 5.68. The highest BCUT2D eigenvalue weighted by Gasteiger charge is 2.41. The van der Waals surface area contributed by atoms with Crippen molar-refractivity contribution < 1.29 is 23.1 Å². The standard InChI is InChI=1S/C20H28F2N4O3/c1-13-10-20(22,24(3)4)7-8-25(13)18-6-5-15(9-17(18)21)26-12-16(29-19(26)28)11-23-14(2)27/h5-6,9,13,16H,7-8,10-12H2,1-4H3,(H,23,27). The van der Waals surface area contributed by atoms with Crippen LogP contribution in [0, 0.1) is 5.82 Å². The lowest BCUT2D eigenvalue weighted by molar-refractivity contribution is -0.119. The van der Waals surface area contributed by atoms with Crippen LogP contribution >= 0.6 is 0 Å². The zero-order valence-electron chi connectivity index (χ0n) is 17.2. The smallest absolute Gasteiger partial charge is 0.414 e. The molecule has 2 fully saturated rings. The van der Waals surface area contributed by atoms with Crippen molar-refractivity contribution in [3.8, 4) is 0 Å². The number of nitrogens with one attached hydrogen (secondary N) is 1. The number of rotatable bonds is 5. The largest absolute Gasteiger partial charge is 0.442 e.